The molecule has 0 spiro atoms. The van der Waals surface area contributed by atoms with E-state index in [1.165, 1.54) is 16.7 Å². The van der Waals surface area contributed by atoms with Crippen LogP contribution in [0.15, 0.2) is 36.4 Å². The van der Waals surface area contributed by atoms with Gasteiger partial charge in [-0.1, -0.05) is 30.3 Å². The van der Waals surface area contributed by atoms with Crippen LogP contribution in [-0.4, -0.2) is 87.2 Å². The quantitative estimate of drug-likeness (QED) is 0.594. The van der Waals surface area contributed by atoms with E-state index < -0.39 is 0 Å². The van der Waals surface area contributed by atoms with Crippen LogP contribution in [0.4, 0.5) is 0 Å². The fourth-order valence-corrected chi connectivity index (χ4v) is 5.51. The van der Waals surface area contributed by atoms with E-state index >= 15 is 0 Å². The molecule has 2 fully saturated rings. The highest BCUT2D eigenvalue weighted by molar-refractivity contribution is 5.97. The number of aromatic amines is 1. The van der Waals surface area contributed by atoms with Gasteiger partial charge in [0.1, 0.15) is 5.52 Å². The van der Waals surface area contributed by atoms with Crippen molar-refractivity contribution >= 4 is 22.8 Å². The van der Waals surface area contributed by atoms with Crippen LogP contribution >= 0.6 is 0 Å². The van der Waals surface area contributed by atoms with Gasteiger partial charge in [0.15, 0.2) is 0 Å². The van der Waals surface area contributed by atoms with Crippen LogP contribution in [0.3, 0.4) is 0 Å². The van der Waals surface area contributed by atoms with Crippen molar-refractivity contribution in [2.45, 2.75) is 52.0 Å². The number of piperidine rings is 1. The summed E-state index contributed by atoms with van der Waals surface area (Å²) >= 11 is 0. The summed E-state index contributed by atoms with van der Waals surface area (Å²) in [5.41, 5.74) is 6.03. The molecule has 5 rings (SSSR count). The van der Waals surface area contributed by atoms with Crippen molar-refractivity contribution in [2.75, 3.05) is 39.3 Å². The van der Waals surface area contributed by atoms with E-state index in [-0.39, 0.29) is 17.7 Å². The van der Waals surface area contributed by atoms with Gasteiger partial charge in [0.05, 0.1) is 5.52 Å². The van der Waals surface area contributed by atoms with Crippen LogP contribution in [0, 0.1) is 13.8 Å². The number of aromatic nitrogens is 3. The molecule has 1 aromatic heterocycles. The SMILES string of the molecule is Cc1ccc(C(C)CC(=O)N2CCN(C3CCN(C(=O)c4ccc5[nH]nnc5c4)CC3)CC2)cc1C. The largest absolute Gasteiger partial charge is 0.340 e. The second-order valence-electron chi connectivity index (χ2n) is 10.4. The molecule has 0 bridgehead atoms. The molecule has 0 radical (unpaired) electrons. The topological polar surface area (TPSA) is 85.4 Å². The van der Waals surface area contributed by atoms with Gasteiger partial charge in [0.2, 0.25) is 5.91 Å². The fraction of sp³-hybridized carbons (Fsp3) is 0.500. The summed E-state index contributed by atoms with van der Waals surface area (Å²) in [5, 5.41) is 10.6. The third-order valence-corrected chi connectivity index (χ3v) is 8.09. The molecule has 1 atom stereocenters. The van der Waals surface area contributed by atoms with Crippen LogP contribution in [0.2, 0.25) is 0 Å². The molecular weight excluding hydrogens is 452 g/mol. The lowest BCUT2D eigenvalue weighted by Gasteiger charge is -2.43. The van der Waals surface area contributed by atoms with Crippen molar-refractivity contribution in [3.8, 4) is 0 Å². The predicted molar refractivity (Wildman–Crippen MR) is 140 cm³/mol. The highest BCUT2D eigenvalue weighted by Gasteiger charge is 2.31. The second-order valence-corrected chi connectivity index (χ2v) is 10.4. The molecule has 8 nitrogen and oxygen atoms in total. The van der Waals surface area contributed by atoms with E-state index in [1.54, 1.807) is 0 Å². The zero-order valence-corrected chi connectivity index (χ0v) is 21.5. The third-order valence-electron chi connectivity index (χ3n) is 8.09. The van der Waals surface area contributed by atoms with Crippen LogP contribution in [-0.2, 0) is 4.79 Å². The van der Waals surface area contributed by atoms with Gasteiger partial charge in [-0.3, -0.25) is 19.6 Å². The van der Waals surface area contributed by atoms with E-state index in [0.29, 0.717) is 23.5 Å². The Morgan fingerprint density at radius 1 is 0.944 bits per heavy atom. The molecule has 2 amide bonds. The van der Waals surface area contributed by atoms with Gasteiger partial charge < -0.3 is 9.80 Å². The van der Waals surface area contributed by atoms with Crippen molar-refractivity contribution in [2.24, 2.45) is 0 Å². The Bertz CT molecular complexity index is 1240. The Hall–Kier alpha value is -3.26. The lowest BCUT2D eigenvalue weighted by molar-refractivity contribution is -0.133. The summed E-state index contributed by atoms with van der Waals surface area (Å²) in [6.07, 6.45) is 2.49. The number of hydrogen-bond acceptors (Lipinski definition) is 5. The monoisotopic (exact) mass is 488 g/mol. The number of amides is 2. The molecule has 36 heavy (non-hydrogen) atoms. The number of nitrogens with zero attached hydrogens (tertiary/aromatic N) is 5. The molecule has 2 aliphatic rings. The van der Waals surface area contributed by atoms with Crippen LogP contribution in [0.5, 0.6) is 0 Å². The number of carbonyl (C=O) groups excluding carboxylic acids is 2. The molecule has 3 aromatic rings. The van der Waals surface area contributed by atoms with Crippen LogP contribution in [0.25, 0.3) is 11.0 Å². The number of aryl methyl sites for hydroxylation is 2. The van der Waals surface area contributed by atoms with Crippen molar-refractivity contribution in [3.05, 3.63) is 58.7 Å². The summed E-state index contributed by atoms with van der Waals surface area (Å²) in [5.74, 6) is 0.540. The van der Waals surface area contributed by atoms with Crippen LogP contribution in [0.1, 0.15) is 59.2 Å². The predicted octanol–water partition coefficient (Wildman–Crippen LogP) is 3.52. The number of benzene rings is 2. The smallest absolute Gasteiger partial charge is 0.253 e. The van der Waals surface area contributed by atoms with Crippen molar-refractivity contribution in [1.82, 2.24) is 30.1 Å². The first-order valence-electron chi connectivity index (χ1n) is 13.1. The van der Waals surface area contributed by atoms with Gasteiger partial charge in [-0.05, 0) is 67.5 Å². The van der Waals surface area contributed by atoms with Crippen LogP contribution < -0.4 is 0 Å². The number of likely N-dealkylation sites (tertiary alicyclic amines) is 1. The number of fused-ring (bicyclic) bond motifs is 1. The van der Waals surface area contributed by atoms with Crippen molar-refractivity contribution in [3.63, 3.8) is 0 Å². The Morgan fingerprint density at radius 3 is 2.42 bits per heavy atom. The highest BCUT2D eigenvalue weighted by Crippen LogP contribution is 2.24. The minimum atomic E-state index is 0.0617. The first kappa shape index (κ1) is 24.4. The zero-order chi connectivity index (χ0) is 25.2. The lowest BCUT2D eigenvalue weighted by Crippen LogP contribution is -2.54. The number of hydrogen-bond donors (Lipinski definition) is 1. The molecule has 2 saturated heterocycles. The number of piperazine rings is 1. The average molecular weight is 489 g/mol. The Kier molecular flexibility index (Phi) is 7.05. The standard InChI is InChI=1S/C28H36N6O2/c1-19-4-5-22(16-20(19)2)21(3)17-27(35)33-14-12-32(13-15-33)24-8-10-34(11-9-24)28(36)23-6-7-25-26(18-23)30-31-29-25/h4-7,16,18,21,24H,8-15,17H2,1-3H3,(H,29,30,31). The molecule has 1 unspecified atom stereocenters. The van der Waals surface area contributed by atoms with Gasteiger partial charge >= 0.3 is 0 Å². The van der Waals surface area contributed by atoms with E-state index in [9.17, 15) is 9.59 Å². The van der Waals surface area contributed by atoms with E-state index in [4.69, 9.17) is 0 Å². The fourth-order valence-electron chi connectivity index (χ4n) is 5.51. The maximum absolute atomic E-state index is 13.0. The summed E-state index contributed by atoms with van der Waals surface area (Å²) in [6.45, 7) is 11.3. The van der Waals surface area contributed by atoms with E-state index in [0.717, 1.165) is 57.6 Å². The number of H-pyrrole nitrogens is 1. The Morgan fingerprint density at radius 2 is 1.69 bits per heavy atom. The second kappa shape index (κ2) is 10.4. The van der Waals surface area contributed by atoms with Crippen molar-refractivity contribution in [1.29, 1.82) is 0 Å². The van der Waals surface area contributed by atoms with E-state index in [1.807, 2.05) is 28.0 Å². The van der Waals surface area contributed by atoms with Gasteiger partial charge in [-0.15, -0.1) is 5.10 Å². The normalized spacial score (nSPS) is 18.5. The molecule has 0 aliphatic carbocycles. The highest BCUT2D eigenvalue weighted by atomic mass is 16.2. The molecular formula is C28H36N6O2. The summed E-state index contributed by atoms with van der Waals surface area (Å²) in [6, 6.07) is 12.5. The van der Waals surface area contributed by atoms with E-state index in [2.05, 4.69) is 59.3 Å². The average Bonchev–Trinajstić information content (AvgIpc) is 3.38. The number of carbonyl (C=O) groups is 2. The maximum Gasteiger partial charge on any atom is 0.253 e. The first-order valence-corrected chi connectivity index (χ1v) is 13.1. The molecule has 1 N–H and O–H groups in total. The zero-order valence-electron chi connectivity index (χ0n) is 21.5. The number of nitrogens with one attached hydrogen (secondary N) is 1. The summed E-state index contributed by atoms with van der Waals surface area (Å²) < 4.78 is 0. The molecule has 2 aromatic carbocycles. The third kappa shape index (κ3) is 5.14. The summed E-state index contributed by atoms with van der Waals surface area (Å²) in [7, 11) is 0. The molecule has 3 heterocycles. The van der Waals surface area contributed by atoms with Gasteiger partial charge in [0, 0.05) is 57.3 Å². The Labute approximate surface area is 212 Å². The van der Waals surface area contributed by atoms with Gasteiger partial charge in [-0.2, -0.15) is 0 Å². The maximum atomic E-state index is 13.0. The Balaban J connectivity index is 1.08. The minimum Gasteiger partial charge on any atom is -0.340 e. The molecule has 2 aliphatic heterocycles. The molecule has 8 heteroatoms. The van der Waals surface area contributed by atoms with Gasteiger partial charge in [-0.25, -0.2) is 0 Å². The van der Waals surface area contributed by atoms with Gasteiger partial charge in [0.25, 0.3) is 5.91 Å². The lowest BCUT2D eigenvalue weighted by atomic mass is 9.94. The van der Waals surface area contributed by atoms with Crippen molar-refractivity contribution < 1.29 is 9.59 Å². The molecule has 190 valence electrons. The summed E-state index contributed by atoms with van der Waals surface area (Å²) in [4.78, 5) is 32.5. The molecule has 0 saturated carbocycles. The number of rotatable bonds is 5. The first-order chi connectivity index (χ1) is 17.4. The minimum absolute atomic E-state index is 0.0617.